The fourth-order valence-electron chi connectivity index (χ4n) is 3.59. The molecule has 0 saturated carbocycles. The lowest BCUT2D eigenvalue weighted by Crippen LogP contribution is -2.14. The Morgan fingerprint density at radius 3 is 2.36 bits per heavy atom. The van der Waals surface area contributed by atoms with Crippen LogP contribution in [0.5, 0.6) is 5.75 Å². The molecule has 0 aliphatic rings. The van der Waals surface area contributed by atoms with Gasteiger partial charge in [0, 0.05) is 10.9 Å². The molecule has 0 fully saturated rings. The predicted molar refractivity (Wildman–Crippen MR) is 140 cm³/mol. The number of carbonyl (C=O) groups is 3. The van der Waals surface area contributed by atoms with Crippen LogP contribution in [0.2, 0.25) is 0 Å². The second-order valence-electron chi connectivity index (χ2n) is 7.55. The van der Waals surface area contributed by atoms with E-state index in [2.05, 4.69) is 10.3 Å². The van der Waals surface area contributed by atoms with Crippen molar-refractivity contribution in [2.45, 2.75) is 13.8 Å². The minimum atomic E-state index is -0.676. The number of hydrogen-bond acceptors (Lipinski definition) is 10. The van der Waals surface area contributed by atoms with Crippen LogP contribution < -0.4 is 15.8 Å². The monoisotopic (exact) mass is 525 g/mol. The number of methoxy groups -OCH3 is 2. The third kappa shape index (κ3) is 4.62. The Labute approximate surface area is 214 Å². The number of carbonyl (C=O) groups excluding carboxylic acids is 3. The van der Waals surface area contributed by atoms with E-state index in [1.165, 1.54) is 7.11 Å². The number of thiophene rings is 2. The van der Waals surface area contributed by atoms with E-state index in [0.29, 0.717) is 15.8 Å². The summed E-state index contributed by atoms with van der Waals surface area (Å²) in [5, 5.41) is 3.54. The second-order valence-corrected chi connectivity index (χ2v) is 9.57. The molecule has 186 valence electrons. The number of amides is 1. The first-order valence-corrected chi connectivity index (χ1v) is 12.5. The van der Waals surface area contributed by atoms with Crippen LogP contribution in [-0.2, 0) is 9.47 Å². The van der Waals surface area contributed by atoms with Crippen LogP contribution in [0.3, 0.4) is 0 Å². The van der Waals surface area contributed by atoms with Crippen LogP contribution in [-0.4, -0.2) is 43.7 Å². The van der Waals surface area contributed by atoms with Gasteiger partial charge in [0.25, 0.3) is 5.91 Å². The van der Waals surface area contributed by atoms with Crippen LogP contribution in [0.1, 0.15) is 42.2 Å². The van der Waals surface area contributed by atoms with E-state index in [4.69, 9.17) is 19.9 Å². The first kappa shape index (κ1) is 25.1. The molecule has 0 unspecified atom stereocenters. The van der Waals surface area contributed by atoms with Gasteiger partial charge >= 0.3 is 11.9 Å². The van der Waals surface area contributed by atoms with Gasteiger partial charge in [0.2, 0.25) is 0 Å². The molecule has 0 aliphatic heterocycles. The van der Waals surface area contributed by atoms with Crippen LogP contribution >= 0.6 is 22.7 Å². The molecule has 0 spiro atoms. The lowest BCUT2D eigenvalue weighted by atomic mass is 10.1. The van der Waals surface area contributed by atoms with Crippen molar-refractivity contribution in [3.05, 3.63) is 57.3 Å². The van der Waals surface area contributed by atoms with E-state index < -0.39 is 17.8 Å². The SMILES string of the molecule is CCOC(=O)c1sc(NC(=O)c2sc3nc(-c4ccc(OC)cc4)ccc3c2N)c(C(=O)OC)c1C. The van der Waals surface area contributed by atoms with E-state index in [0.717, 1.165) is 39.7 Å². The molecule has 11 heteroatoms. The molecule has 36 heavy (non-hydrogen) atoms. The first-order valence-electron chi connectivity index (χ1n) is 10.8. The summed E-state index contributed by atoms with van der Waals surface area (Å²) in [4.78, 5) is 43.7. The normalized spacial score (nSPS) is 10.8. The zero-order chi connectivity index (χ0) is 26.0. The van der Waals surface area contributed by atoms with Gasteiger partial charge in [-0.2, -0.15) is 0 Å². The third-order valence-corrected chi connectivity index (χ3v) is 7.71. The second kappa shape index (κ2) is 10.3. The highest BCUT2D eigenvalue weighted by atomic mass is 32.1. The van der Waals surface area contributed by atoms with Gasteiger partial charge in [-0.3, -0.25) is 4.79 Å². The summed E-state index contributed by atoms with van der Waals surface area (Å²) < 4.78 is 15.1. The summed E-state index contributed by atoms with van der Waals surface area (Å²) in [5.41, 5.74) is 8.65. The minimum Gasteiger partial charge on any atom is -0.497 e. The molecule has 9 nitrogen and oxygen atoms in total. The third-order valence-electron chi connectivity index (χ3n) is 5.41. The average Bonchev–Trinajstić information content (AvgIpc) is 3.39. The van der Waals surface area contributed by atoms with Crippen LogP contribution in [0.15, 0.2) is 36.4 Å². The number of aromatic nitrogens is 1. The maximum Gasteiger partial charge on any atom is 0.348 e. The van der Waals surface area contributed by atoms with Crippen molar-refractivity contribution in [3.63, 3.8) is 0 Å². The number of benzene rings is 1. The Morgan fingerprint density at radius 1 is 1.00 bits per heavy atom. The molecule has 3 N–H and O–H groups in total. The Balaban J connectivity index is 1.68. The molecular weight excluding hydrogens is 502 g/mol. The number of nitrogen functional groups attached to an aromatic ring is 1. The molecule has 0 atom stereocenters. The number of nitrogens with two attached hydrogens (primary N) is 1. The Hall–Kier alpha value is -3.96. The Kier molecular flexibility index (Phi) is 7.22. The predicted octanol–water partition coefficient (Wildman–Crippen LogP) is 5.14. The number of fused-ring (bicyclic) bond motifs is 1. The number of nitrogens with one attached hydrogen (secondary N) is 1. The maximum absolute atomic E-state index is 13.2. The van der Waals surface area contributed by atoms with Gasteiger partial charge in [0.15, 0.2) is 0 Å². The van der Waals surface area contributed by atoms with E-state index in [1.54, 1.807) is 21.0 Å². The molecule has 1 aromatic carbocycles. The summed E-state index contributed by atoms with van der Waals surface area (Å²) in [5.74, 6) is -1.05. The van der Waals surface area contributed by atoms with Crippen LogP contribution in [0, 0.1) is 6.92 Å². The fraction of sp³-hybridized carbons (Fsp3) is 0.200. The number of hydrogen-bond donors (Lipinski definition) is 2. The standard InChI is InChI=1S/C25H23N3O6S2/c1-5-34-25(31)19-12(2)17(24(30)33-4)23(35-19)28-21(29)20-18(26)15-10-11-16(27-22(15)36-20)13-6-8-14(32-3)9-7-13/h6-11H,5,26H2,1-4H3,(H,28,29). The van der Waals surface area contributed by atoms with E-state index in [-0.39, 0.29) is 32.6 Å². The molecule has 0 aliphatic carbocycles. The molecule has 3 heterocycles. The van der Waals surface area contributed by atoms with Crippen molar-refractivity contribution in [2.24, 2.45) is 0 Å². The van der Waals surface area contributed by atoms with E-state index in [9.17, 15) is 14.4 Å². The highest BCUT2D eigenvalue weighted by Crippen LogP contribution is 2.38. The van der Waals surface area contributed by atoms with Gasteiger partial charge in [-0.1, -0.05) is 0 Å². The van der Waals surface area contributed by atoms with Gasteiger partial charge < -0.3 is 25.3 Å². The zero-order valence-electron chi connectivity index (χ0n) is 20.0. The number of anilines is 2. The van der Waals surface area contributed by atoms with Crippen molar-refractivity contribution in [1.82, 2.24) is 4.98 Å². The van der Waals surface area contributed by atoms with Crippen LogP contribution in [0.25, 0.3) is 21.5 Å². The van der Waals surface area contributed by atoms with Crippen molar-refractivity contribution >= 4 is 61.4 Å². The Morgan fingerprint density at radius 2 is 1.72 bits per heavy atom. The van der Waals surface area contributed by atoms with Gasteiger partial charge in [-0.25, -0.2) is 14.6 Å². The highest BCUT2D eigenvalue weighted by Gasteiger charge is 2.28. The van der Waals surface area contributed by atoms with Crippen molar-refractivity contribution in [3.8, 4) is 17.0 Å². The van der Waals surface area contributed by atoms with Crippen LogP contribution in [0.4, 0.5) is 10.7 Å². The molecule has 1 amide bonds. The lowest BCUT2D eigenvalue weighted by Gasteiger charge is -2.05. The van der Waals surface area contributed by atoms with Crippen molar-refractivity contribution in [2.75, 3.05) is 31.9 Å². The number of rotatable bonds is 7. The summed E-state index contributed by atoms with van der Waals surface area (Å²) in [6.07, 6.45) is 0. The molecule has 0 radical (unpaired) electrons. The van der Waals surface area contributed by atoms with Crippen molar-refractivity contribution < 1.29 is 28.6 Å². The fourth-order valence-corrected chi connectivity index (χ4v) is 5.66. The number of esters is 2. The molecule has 0 saturated heterocycles. The van der Waals surface area contributed by atoms with Gasteiger partial charge in [-0.05, 0) is 55.8 Å². The summed E-state index contributed by atoms with van der Waals surface area (Å²) >= 11 is 2.08. The minimum absolute atomic E-state index is 0.0958. The Bertz CT molecular complexity index is 1470. The average molecular weight is 526 g/mol. The van der Waals surface area contributed by atoms with Crippen molar-refractivity contribution in [1.29, 1.82) is 0 Å². The number of ether oxygens (including phenoxy) is 3. The quantitative estimate of drug-likeness (QED) is 0.317. The summed E-state index contributed by atoms with van der Waals surface area (Å²) in [6, 6.07) is 11.1. The number of pyridine rings is 1. The first-order chi connectivity index (χ1) is 17.3. The largest absolute Gasteiger partial charge is 0.497 e. The zero-order valence-corrected chi connectivity index (χ0v) is 21.6. The van der Waals surface area contributed by atoms with E-state index in [1.807, 2.05) is 36.4 Å². The summed E-state index contributed by atoms with van der Waals surface area (Å²) in [6.45, 7) is 3.46. The van der Waals surface area contributed by atoms with Gasteiger partial charge in [0.05, 0.1) is 37.8 Å². The smallest absolute Gasteiger partial charge is 0.348 e. The molecule has 4 rings (SSSR count). The molecule has 4 aromatic rings. The summed E-state index contributed by atoms with van der Waals surface area (Å²) in [7, 11) is 2.83. The van der Waals surface area contributed by atoms with Gasteiger partial charge in [0.1, 0.15) is 25.3 Å². The molecule has 3 aromatic heterocycles. The maximum atomic E-state index is 13.2. The molecule has 0 bridgehead atoms. The number of nitrogens with zero attached hydrogens (tertiary/aromatic N) is 1. The topological polar surface area (TPSA) is 130 Å². The highest BCUT2D eigenvalue weighted by molar-refractivity contribution is 7.21. The van der Waals surface area contributed by atoms with E-state index >= 15 is 0 Å². The van der Waals surface area contributed by atoms with Gasteiger partial charge in [-0.15, -0.1) is 22.7 Å². The lowest BCUT2D eigenvalue weighted by molar-refractivity contribution is 0.0531. The molecular formula is C25H23N3O6S2.